The van der Waals surface area contributed by atoms with Crippen LogP contribution < -0.4 is 0 Å². The molecule has 17 heavy (non-hydrogen) atoms. The lowest BCUT2D eigenvalue weighted by atomic mass is 9.96. The van der Waals surface area contributed by atoms with Crippen LogP contribution >= 0.6 is 39.0 Å². The highest BCUT2D eigenvalue weighted by atomic mass is 79.9. The van der Waals surface area contributed by atoms with Gasteiger partial charge in [-0.2, -0.15) is 0 Å². The van der Waals surface area contributed by atoms with Gasteiger partial charge in [0.1, 0.15) is 15.5 Å². The summed E-state index contributed by atoms with van der Waals surface area (Å²) in [5.74, 6) is 0.839. The van der Waals surface area contributed by atoms with Gasteiger partial charge in [0.15, 0.2) is 4.34 Å². The third-order valence-electron chi connectivity index (χ3n) is 1.94. The largest absolute Gasteiger partial charge is 0.238 e. The van der Waals surface area contributed by atoms with Crippen molar-refractivity contribution in [2.45, 2.75) is 35.6 Å². The summed E-state index contributed by atoms with van der Waals surface area (Å²) in [5, 5.41) is 2.88. The number of hydrogen-bond donors (Lipinski definition) is 0. The number of aromatic nitrogens is 3. The van der Waals surface area contributed by atoms with Crippen molar-refractivity contribution in [2.24, 2.45) is 0 Å². The summed E-state index contributed by atoms with van der Waals surface area (Å²) in [6.45, 7) is 6.31. The first-order valence-electron chi connectivity index (χ1n) is 5.07. The van der Waals surface area contributed by atoms with E-state index in [1.807, 2.05) is 11.4 Å². The van der Waals surface area contributed by atoms with Crippen LogP contribution in [0.5, 0.6) is 0 Å². The lowest BCUT2D eigenvalue weighted by Gasteiger charge is -2.17. The van der Waals surface area contributed by atoms with E-state index in [1.54, 1.807) is 29.3 Å². The number of nitrogens with zero attached hydrogens (tertiary/aromatic N) is 3. The van der Waals surface area contributed by atoms with E-state index >= 15 is 0 Å². The average molecular weight is 330 g/mol. The van der Waals surface area contributed by atoms with Gasteiger partial charge in [-0.3, -0.25) is 0 Å². The first-order valence-corrected chi connectivity index (χ1v) is 7.56. The monoisotopic (exact) mass is 329 g/mol. The van der Waals surface area contributed by atoms with E-state index < -0.39 is 0 Å². The number of hydrogen-bond acceptors (Lipinski definition) is 5. The lowest BCUT2D eigenvalue weighted by Crippen LogP contribution is -2.16. The molecule has 0 aliphatic carbocycles. The minimum atomic E-state index is -0.0536. The van der Waals surface area contributed by atoms with Crippen molar-refractivity contribution in [3.8, 4) is 0 Å². The molecule has 0 spiro atoms. The Labute approximate surface area is 117 Å². The molecule has 3 nitrogen and oxygen atoms in total. The molecule has 0 saturated heterocycles. The van der Waals surface area contributed by atoms with E-state index in [2.05, 4.69) is 51.7 Å². The van der Waals surface area contributed by atoms with Gasteiger partial charge in [0.25, 0.3) is 0 Å². The summed E-state index contributed by atoms with van der Waals surface area (Å²) < 4.78 is 1.81. The second-order valence-electron chi connectivity index (χ2n) is 4.50. The number of halogens is 1. The van der Waals surface area contributed by atoms with Gasteiger partial charge in [0.2, 0.25) is 0 Å². The molecule has 0 atom stereocenters. The van der Waals surface area contributed by atoms with Gasteiger partial charge in [-0.05, 0) is 27.7 Å². The molecule has 0 fully saturated rings. The second-order valence-corrected chi connectivity index (χ2v) is 7.48. The lowest BCUT2D eigenvalue weighted by molar-refractivity contribution is 0.536. The molecule has 0 N–H and O–H groups in total. The predicted molar refractivity (Wildman–Crippen MR) is 74.7 cm³/mol. The molecular formula is C11H12BrN3S2. The van der Waals surface area contributed by atoms with Crippen LogP contribution in [0.1, 0.15) is 26.6 Å². The maximum atomic E-state index is 4.57. The molecule has 0 unspecified atom stereocenters. The summed E-state index contributed by atoms with van der Waals surface area (Å²) >= 11 is 6.61. The molecular weight excluding hydrogens is 318 g/mol. The molecule has 2 heterocycles. The maximum absolute atomic E-state index is 4.57. The summed E-state index contributed by atoms with van der Waals surface area (Å²) in [4.78, 5) is 13.2. The van der Waals surface area contributed by atoms with E-state index in [0.717, 1.165) is 19.8 Å². The Bertz CT molecular complexity index is 506. The Balaban J connectivity index is 2.32. The Kier molecular flexibility index (Phi) is 3.85. The molecule has 0 radical (unpaired) electrons. The van der Waals surface area contributed by atoms with Crippen LogP contribution in [0, 0.1) is 0 Å². The number of thiazole rings is 1. The zero-order valence-electron chi connectivity index (χ0n) is 9.77. The molecule has 2 aromatic rings. The third-order valence-corrected chi connectivity index (χ3v) is 4.15. The van der Waals surface area contributed by atoms with Gasteiger partial charge in [-0.25, -0.2) is 15.0 Å². The van der Waals surface area contributed by atoms with Gasteiger partial charge in [-0.1, -0.05) is 20.8 Å². The van der Waals surface area contributed by atoms with E-state index in [0.29, 0.717) is 0 Å². The van der Waals surface area contributed by atoms with E-state index in [-0.39, 0.29) is 5.41 Å². The Hall–Kier alpha value is -0.460. The van der Waals surface area contributed by atoms with E-state index in [1.165, 1.54) is 0 Å². The standard InChI is InChI=1S/C11H12BrN3S2/c1-11(2,3)9-14-7(12)6-8(15-9)17-10-13-4-5-16-10/h4-6H,1-3H3. The van der Waals surface area contributed by atoms with Crippen molar-refractivity contribution in [2.75, 3.05) is 0 Å². The normalized spacial score (nSPS) is 11.8. The topological polar surface area (TPSA) is 38.7 Å². The molecule has 2 aromatic heterocycles. The Morgan fingerprint density at radius 3 is 2.65 bits per heavy atom. The minimum Gasteiger partial charge on any atom is -0.238 e. The smallest absolute Gasteiger partial charge is 0.156 e. The third kappa shape index (κ3) is 3.50. The quantitative estimate of drug-likeness (QED) is 0.776. The van der Waals surface area contributed by atoms with Crippen LogP contribution in [-0.4, -0.2) is 15.0 Å². The van der Waals surface area contributed by atoms with E-state index in [4.69, 9.17) is 0 Å². The number of rotatable bonds is 2. The predicted octanol–water partition coefficient (Wildman–Crippen LogP) is 4.14. The van der Waals surface area contributed by atoms with Crippen LogP contribution in [0.25, 0.3) is 0 Å². The molecule has 0 bridgehead atoms. The van der Waals surface area contributed by atoms with Crippen molar-refractivity contribution in [1.82, 2.24) is 15.0 Å². The highest BCUT2D eigenvalue weighted by molar-refractivity contribution is 9.10. The average Bonchev–Trinajstić information content (AvgIpc) is 2.68. The summed E-state index contributed by atoms with van der Waals surface area (Å²) in [6.07, 6.45) is 1.80. The van der Waals surface area contributed by atoms with Crippen LogP contribution in [-0.2, 0) is 5.41 Å². The second kappa shape index (κ2) is 5.04. The fourth-order valence-electron chi connectivity index (χ4n) is 1.13. The van der Waals surface area contributed by atoms with Gasteiger partial charge < -0.3 is 0 Å². The summed E-state index contributed by atoms with van der Waals surface area (Å²) in [6, 6.07) is 1.92. The fourth-order valence-corrected chi connectivity index (χ4v) is 3.24. The zero-order valence-corrected chi connectivity index (χ0v) is 13.0. The molecule has 0 amide bonds. The van der Waals surface area contributed by atoms with Crippen LogP contribution in [0.15, 0.2) is 31.6 Å². The Morgan fingerprint density at radius 2 is 2.06 bits per heavy atom. The van der Waals surface area contributed by atoms with Crippen molar-refractivity contribution >= 4 is 39.0 Å². The molecule has 0 aliphatic heterocycles. The van der Waals surface area contributed by atoms with Crippen molar-refractivity contribution < 1.29 is 0 Å². The highest BCUT2D eigenvalue weighted by Gasteiger charge is 2.19. The fraction of sp³-hybridized carbons (Fsp3) is 0.364. The van der Waals surface area contributed by atoms with Gasteiger partial charge in [0.05, 0.1) is 0 Å². The molecule has 0 saturated carbocycles. The molecule has 0 aromatic carbocycles. The maximum Gasteiger partial charge on any atom is 0.156 e. The van der Waals surface area contributed by atoms with E-state index in [9.17, 15) is 0 Å². The first kappa shape index (κ1) is 13.0. The summed E-state index contributed by atoms with van der Waals surface area (Å²) in [5.41, 5.74) is -0.0536. The van der Waals surface area contributed by atoms with Gasteiger partial charge in [-0.15, -0.1) is 11.3 Å². The van der Waals surface area contributed by atoms with Gasteiger partial charge >= 0.3 is 0 Å². The molecule has 2 rings (SSSR count). The SMILES string of the molecule is CC(C)(C)c1nc(Br)cc(Sc2nccs2)n1. The highest BCUT2D eigenvalue weighted by Crippen LogP contribution is 2.30. The molecule has 6 heteroatoms. The van der Waals surface area contributed by atoms with Crippen LogP contribution in [0.4, 0.5) is 0 Å². The Morgan fingerprint density at radius 1 is 1.29 bits per heavy atom. The first-order chi connectivity index (χ1) is 7.95. The van der Waals surface area contributed by atoms with Gasteiger partial charge in [0, 0.05) is 23.1 Å². The minimum absolute atomic E-state index is 0.0536. The summed E-state index contributed by atoms with van der Waals surface area (Å²) in [7, 11) is 0. The van der Waals surface area contributed by atoms with Crippen molar-refractivity contribution in [3.05, 3.63) is 28.1 Å². The zero-order chi connectivity index (χ0) is 12.5. The molecule has 0 aliphatic rings. The van der Waals surface area contributed by atoms with Crippen molar-refractivity contribution in [3.63, 3.8) is 0 Å². The van der Waals surface area contributed by atoms with Crippen LogP contribution in [0.3, 0.4) is 0 Å². The molecule has 90 valence electrons. The van der Waals surface area contributed by atoms with Crippen molar-refractivity contribution in [1.29, 1.82) is 0 Å². The van der Waals surface area contributed by atoms with Crippen LogP contribution in [0.2, 0.25) is 0 Å².